The second kappa shape index (κ2) is 7.77. The fraction of sp³-hybridized carbons (Fsp3) is 0.263. The predicted molar refractivity (Wildman–Crippen MR) is 95.1 cm³/mol. The Morgan fingerprint density at radius 2 is 1.92 bits per heavy atom. The number of aromatic nitrogens is 1. The molecule has 0 aliphatic heterocycles. The van der Waals surface area contributed by atoms with E-state index in [-0.39, 0.29) is 29.8 Å². The number of para-hydroxylation sites is 1. The van der Waals surface area contributed by atoms with Gasteiger partial charge in [-0.15, -0.1) is 0 Å². The number of benzene rings is 1. The van der Waals surface area contributed by atoms with Gasteiger partial charge in [0.05, 0.1) is 17.9 Å². The van der Waals surface area contributed by atoms with Gasteiger partial charge in [0.2, 0.25) is 0 Å². The van der Waals surface area contributed by atoms with Crippen molar-refractivity contribution in [2.24, 2.45) is 0 Å². The maximum atomic E-state index is 12.5. The van der Waals surface area contributed by atoms with Crippen LogP contribution in [-0.2, 0) is 4.74 Å². The first-order valence-corrected chi connectivity index (χ1v) is 8.43. The van der Waals surface area contributed by atoms with Gasteiger partial charge in [-0.3, -0.25) is 14.6 Å². The van der Waals surface area contributed by atoms with Crippen LogP contribution in [-0.4, -0.2) is 35.4 Å². The lowest BCUT2D eigenvalue weighted by molar-refractivity contribution is 0.0527. The molecule has 1 heterocycles. The van der Waals surface area contributed by atoms with Gasteiger partial charge < -0.3 is 15.4 Å². The summed E-state index contributed by atoms with van der Waals surface area (Å²) in [5.41, 5.74) is 1.04. The summed E-state index contributed by atoms with van der Waals surface area (Å²) in [7, 11) is 0. The zero-order valence-electron chi connectivity index (χ0n) is 14.3. The SMILES string of the molecule is CCOC(=O)c1ccccc1NC(=O)c1cc(C(=O)NC2CC2)ccn1. The van der Waals surface area contributed by atoms with Crippen LogP contribution in [0.3, 0.4) is 0 Å². The van der Waals surface area contributed by atoms with E-state index in [0.717, 1.165) is 12.8 Å². The number of amides is 2. The van der Waals surface area contributed by atoms with Crippen molar-refractivity contribution in [2.45, 2.75) is 25.8 Å². The summed E-state index contributed by atoms with van der Waals surface area (Å²) in [5.74, 6) is -1.26. The van der Waals surface area contributed by atoms with Gasteiger partial charge in [0.25, 0.3) is 11.8 Å². The van der Waals surface area contributed by atoms with Gasteiger partial charge in [-0.25, -0.2) is 4.79 Å². The van der Waals surface area contributed by atoms with Crippen LogP contribution in [0.2, 0.25) is 0 Å². The molecule has 1 saturated carbocycles. The molecule has 0 unspecified atom stereocenters. The minimum Gasteiger partial charge on any atom is -0.462 e. The van der Waals surface area contributed by atoms with Crippen LogP contribution >= 0.6 is 0 Å². The third-order valence-corrected chi connectivity index (χ3v) is 3.84. The van der Waals surface area contributed by atoms with Crippen LogP contribution in [0.4, 0.5) is 5.69 Å². The average Bonchev–Trinajstić information content (AvgIpc) is 3.46. The molecule has 1 aliphatic rings. The van der Waals surface area contributed by atoms with Crippen LogP contribution in [0.1, 0.15) is 51.0 Å². The molecule has 7 heteroatoms. The standard InChI is InChI=1S/C19H19N3O4/c1-2-26-19(25)14-5-3-4-6-15(14)22-18(24)16-11-12(9-10-20-16)17(23)21-13-7-8-13/h3-6,9-11,13H,2,7-8H2,1H3,(H,21,23)(H,22,24). The first-order chi connectivity index (χ1) is 12.6. The number of nitrogens with one attached hydrogen (secondary N) is 2. The Bertz CT molecular complexity index is 846. The summed E-state index contributed by atoms with van der Waals surface area (Å²) in [4.78, 5) is 40.6. The Labute approximate surface area is 150 Å². The highest BCUT2D eigenvalue weighted by Crippen LogP contribution is 2.20. The molecule has 7 nitrogen and oxygen atoms in total. The van der Waals surface area contributed by atoms with Crippen molar-refractivity contribution in [3.05, 3.63) is 59.4 Å². The number of pyridine rings is 1. The largest absolute Gasteiger partial charge is 0.462 e. The number of hydrogen-bond acceptors (Lipinski definition) is 5. The summed E-state index contributed by atoms with van der Waals surface area (Å²) >= 11 is 0. The number of ether oxygens (including phenoxy) is 1. The van der Waals surface area contributed by atoms with Crippen molar-refractivity contribution >= 4 is 23.5 Å². The van der Waals surface area contributed by atoms with Crippen molar-refractivity contribution in [3.63, 3.8) is 0 Å². The van der Waals surface area contributed by atoms with E-state index < -0.39 is 11.9 Å². The molecule has 26 heavy (non-hydrogen) atoms. The van der Waals surface area contributed by atoms with Gasteiger partial charge in [0, 0.05) is 17.8 Å². The van der Waals surface area contributed by atoms with Crippen LogP contribution in [0, 0.1) is 0 Å². The highest BCUT2D eigenvalue weighted by Gasteiger charge is 2.24. The molecule has 2 N–H and O–H groups in total. The van der Waals surface area contributed by atoms with E-state index in [1.807, 2.05) is 0 Å². The minimum absolute atomic E-state index is 0.0899. The summed E-state index contributed by atoms with van der Waals surface area (Å²) in [6.45, 7) is 1.95. The Morgan fingerprint density at radius 3 is 2.65 bits per heavy atom. The Hall–Kier alpha value is -3.22. The molecule has 0 saturated heterocycles. The van der Waals surface area contributed by atoms with Crippen molar-refractivity contribution in [2.75, 3.05) is 11.9 Å². The molecular weight excluding hydrogens is 334 g/mol. The fourth-order valence-electron chi connectivity index (χ4n) is 2.36. The van der Waals surface area contributed by atoms with E-state index in [9.17, 15) is 14.4 Å². The summed E-state index contributed by atoms with van der Waals surface area (Å²) in [6.07, 6.45) is 3.37. The lowest BCUT2D eigenvalue weighted by Gasteiger charge is -2.10. The van der Waals surface area contributed by atoms with Gasteiger partial charge in [0.1, 0.15) is 5.69 Å². The van der Waals surface area contributed by atoms with Gasteiger partial charge in [-0.05, 0) is 44.0 Å². The maximum Gasteiger partial charge on any atom is 0.340 e. The first kappa shape index (κ1) is 17.6. The zero-order valence-corrected chi connectivity index (χ0v) is 14.3. The van der Waals surface area contributed by atoms with Crippen LogP contribution in [0.25, 0.3) is 0 Å². The van der Waals surface area contributed by atoms with Crippen LogP contribution in [0.15, 0.2) is 42.6 Å². The third-order valence-electron chi connectivity index (χ3n) is 3.84. The van der Waals surface area contributed by atoms with Gasteiger partial charge in [0.15, 0.2) is 0 Å². The number of rotatable bonds is 6. The van der Waals surface area contributed by atoms with Crippen molar-refractivity contribution in [3.8, 4) is 0 Å². The van der Waals surface area contributed by atoms with Crippen LogP contribution < -0.4 is 10.6 Å². The molecule has 3 rings (SSSR count). The Kier molecular flexibility index (Phi) is 5.26. The van der Waals surface area contributed by atoms with Gasteiger partial charge >= 0.3 is 5.97 Å². The highest BCUT2D eigenvalue weighted by molar-refractivity contribution is 6.08. The predicted octanol–water partition coefficient (Wildman–Crippen LogP) is 2.40. The van der Waals surface area contributed by atoms with E-state index in [1.54, 1.807) is 37.3 Å². The zero-order chi connectivity index (χ0) is 18.5. The molecule has 1 aromatic heterocycles. The molecule has 0 atom stereocenters. The number of carbonyl (C=O) groups is 3. The highest BCUT2D eigenvalue weighted by atomic mass is 16.5. The van der Waals surface area contributed by atoms with Crippen molar-refractivity contribution in [1.29, 1.82) is 0 Å². The van der Waals surface area contributed by atoms with E-state index in [4.69, 9.17) is 4.74 Å². The minimum atomic E-state index is -0.520. The molecule has 0 radical (unpaired) electrons. The number of carbonyl (C=O) groups excluding carboxylic acids is 3. The number of hydrogen-bond donors (Lipinski definition) is 2. The molecule has 1 aliphatic carbocycles. The smallest absolute Gasteiger partial charge is 0.340 e. The second-order valence-electron chi connectivity index (χ2n) is 5.90. The lowest BCUT2D eigenvalue weighted by atomic mass is 10.1. The van der Waals surface area contributed by atoms with Crippen molar-refractivity contribution in [1.82, 2.24) is 10.3 Å². The second-order valence-corrected chi connectivity index (χ2v) is 5.90. The quantitative estimate of drug-likeness (QED) is 0.777. The normalized spacial score (nSPS) is 13.0. The van der Waals surface area contributed by atoms with E-state index in [1.165, 1.54) is 12.3 Å². The van der Waals surface area contributed by atoms with E-state index >= 15 is 0 Å². The molecule has 2 amide bonds. The molecule has 0 spiro atoms. The summed E-state index contributed by atoms with van der Waals surface area (Å²) < 4.78 is 4.99. The molecule has 134 valence electrons. The molecule has 1 aromatic carbocycles. The average molecular weight is 353 g/mol. The van der Waals surface area contributed by atoms with Crippen LogP contribution in [0.5, 0.6) is 0 Å². The van der Waals surface area contributed by atoms with Gasteiger partial charge in [-0.1, -0.05) is 12.1 Å². The number of anilines is 1. The maximum absolute atomic E-state index is 12.5. The first-order valence-electron chi connectivity index (χ1n) is 8.43. The molecular formula is C19H19N3O4. The van der Waals surface area contributed by atoms with Gasteiger partial charge in [-0.2, -0.15) is 0 Å². The lowest BCUT2D eigenvalue weighted by Crippen LogP contribution is -2.26. The Morgan fingerprint density at radius 1 is 1.15 bits per heavy atom. The topological polar surface area (TPSA) is 97.4 Å². The molecule has 0 bridgehead atoms. The third kappa shape index (κ3) is 4.24. The number of nitrogens with zero attached hydrogens (tertiary/aromatic N) is 1. The molecule has 1 fully saturated rings. The summed E-state index contributed by atoms with van der Waals surface area (Å²) in [6, 6.07) is 9.77. The Balaban J connectivity index is 1.76. The van der Waals surface area contributed by atoms with E-state index in [2.05, 4.69) is 15.6 Å². The monoisotopic (exact) mass is 353 g/mol. The molecule has 2 aromatic rings. The van der Waals surface area contributed by atoms with E-state index in [0.29, 0.717) is 11.3 Å². The van der Waals surface area contributed by atoms with Crippen molar-refractivity contribution < 1.29 is 19.1 Å². The fourth-order valence-corrected chi connectivity index (χ4v) is 2.36. The number of esters is 1. The summed E-state index contributed by atoms with van der Waals surface area (Å²) in [5, 5.41) is 5.52.